The first-order valence-corrected chi connectivity index (χ1v) is 9.07. The summed E-state index contributed by atoms with van der Waals surface area (Å²) in [6.07, 6.45) is -0.366. The normalized spacial score (nSPS) is 12.9. The fourth-order valence-corrected chi connectivity index (χ4v) is 5.02. The first-order chi connectivity index (χ1) is 9.77. The van der Waals surface area contributed by atoms with Crippen molar-refractivity contribution in [2.75, 3.05) is 6.61 Å². The van der Waals surface area contributed by atoms with E-state index in [9.17, 15) is 18.0 Å². The minimum absolute atomic E-state index is 0.00937. The van der Waals surface area contributed by atoms with Crippen molar-refractivity contribution in [1.82, 2.24) is 4.72 Å². The molecule has 21 heavy (non-hydrogen) atoms. The van der Waals surface area contributed by atoms with Crippen LogP contribution in [0.1, 0.15) is 19.8 Å². The lowest BCUT2D eigenvalue weighted by Crippen LogP contribution is -2.40. The van der Waals surface area contributed by atoms with E-state index in [0.717, 1.165) is 11.3 Å². The van der Waals surface area contributed by atoms with Crippen molar-refractivity contribution in [1.29, 1.82) is 0 Å². The summed E-state index contributed by atoms with van der Waals surface area (Å²) in [6, 6.07) is 0.154. The van der Waals surface area contributed by atoms with Crippen LogP contribution in [0.2, 0.25) is 0 Å². The maximum Gasteiger partial charge on any atom is 0.321 e. The zero-order valence-electron chi connectivity index (χ0n) is 11.0. The molecule has 1 atom stereocenters. The molecule has 0 unspecified atom stereocenters. The number of carboxylic acid groups (broad SMARTS) is 1. The summed E-state index contributed by atoms with van der Waals surface area (Å²) >= 11 is 4.04. The molecule has 0 amide bonds. The van der Waals surface area contributed by atoms with Gasteiger partial charge in [0.05, 0.1) is 6.61 Å². The number of aliphatic carboxylic acids is 1. The number of esters is 1. The van der Waals surface area contributed by atoms with Crippen LogP contribution in [0.3, 0.4) is 0 Å². The molecule has 2 N–H and O–H groups in total. The molecule has 0 fully saturated rings. The van der Waals surface area contributed by atoms with Crippen LogP contribution in [-0.4, -0.2) is 38.1 Å². The van der Waals surface area contributed by atoms with Gasteiger partial charge in [-0.15, -0.1) is 11.3 Å². The largest absolute Gasteiger partial charge is 0.480 e. The van der Waals surface area contributed by atoms with Gasteiger partial charge in [0.25, 0.3) is 10.0 Å². The maximum atomic E-state index is 12.1. The van der Waals surface area contributed by atoms with Crippen LogP contribution >= 0.6 is 27.3 Å². The number of halogens is 1. The average Bonchev–Trinajstić information content (AvgIpc) is 2.81. The molecule has 0 spiro atoms. The van der Waals surface area contributed by atoms with Crippen LogP contribution in [0.5, 0.6) is 0 Å². The molecule has 0 aliphatic heterocycles. The molecule has 0 aliphatic carbocycles. The van der Waals surface area contributed by atoms with Gasteiger partial charge in [-0.1, -0.05) is 0 Å². The predicted octanol–water partition coefficient (Wildman–Crippen LogP) is 1.59. The van der Waals surface area contributed by atoms with E-state index in [4.69, 9.17) is 5.11 Å². The van der Waals surface area contributed by atoms with Crippen LogP contribution < -0.4 is 4.72 Å². The Bertz CT molecular complexity index is 612. The summed E-state index contributed by atoms with van der Waals surface area (Å²) in [5.41, 5.74) is 0. The molecule has 1 heterocycles. The third kappa shape index (κ3) is 5.38. The number of nitrogens with one attached hydrogen (secondary N) is 1. The number of carbonyl (C=O) groups excluding carboxylic acids is 1. The van der Waals surface area contributed by atoms with Crippen LogP contribution in [0.25, 0.3) is 0 Å². The fraction of sp³-hybridized carbons (Fsp3) is 0.455. The highest BCUT2D eigenvalue weighted by Gasteiger charge is 2.28. The zero-order chi connectivity index (χ0) is 16.0. The van der Waals surface area contributed by atoms with E-state index in [1.54, 1.807) is 18.4 Å². The topological polar surface area (TPSA) is 110 Å². The van der Waals surface area contributed by atoms with E-state index in [-0.39, 0.29) is 23.7 Å². The number of ether oxygens (including phenoxy) is 1. The molecule has 0 saturated carbocycles. The second-order valence-electron chi connectivity index (χ2n) is 3.91. The summed E-state index contributed by atoms with van der Waals surface area (Å²) in [6.45, 7) is 1.81. The molecule has 0 aliphatic rings. The molecule has 1 aromatic rings. The SMILES string of the molecule is CCOC(=O)CC[C@H](NS(=O)(=O)c1sccc1Br)C(=O)O. The Balaban J connectivity index is 2.77. The zero-order valence-corrected chi connectivity index (χ0v) is 14.3. The van der Waals surface area contributed by atoms with Crippen LogP contribution in [0, 0.1) is 0 Å². The van der Waals surface area contributed by atoms with Crippen LogP contribution in [0.15, 0.2) is 20.1 Å². The van der Waals surface area contributed by atoms with Crippen molar-refractivity contribution in [2.45, 2.75) is 30.0 Å². The van der Waals surface area contributed by atoms with Gasteiger partial charge in [-0.05, 0) is 40.7 Å². The summed E-state index contributed by atoms with van der Waals surface area (Å²) in [5.74, 6) is -1.92. The van der Waals surface area contributed by atoms with Crippen molar-refractivity contribution in [3.8, 4) is 0 Å². The second-order valence-corrected chi connectivity index (χ2v) is 7.59. The highest BCUT2D eigenvalue weighted by molar-refractivity contribution is 9.10. The van der Waals surface area contributed by atoms with Crippen molar-refractivity contribution in [2.24, 2.45) is 0 Å². The van der Waals surface area contributed by atoms with Gasteiger partial charge in [0.15, 0.2) is 0 Å². The summed E-state index contributed by atoms with van der Waals surface area (Å²) in [7, 11) is -3.96. The number of carboxylic acids is 1. The number of sulfonamides is 1. The van der Waals surface area contributed by atoms with Gasteiger partial charge in [-0.25, -0.2) is 8.42 Å². The molecular formula is C11H14BrNO6S2. The Hall–Kier alpha value is -0.970. The predicted molar refractivity (Wildman–Crippen MR) is 79.6 cm³/mol. The Labute approximate surface area is 134 Å². The standard InChI is InChI=1S/C11H14BrNO6S2/c1-2-19-9(14)4-3-8(10(15)16)13-21(17,18)11-7(12)5-6-20-11/h5-6,8,13H,2-4H2,1H3,(H,15,16)/t8-/m0/s1. The Morgan fingerprint density at radius 1 is 1.52 bits per heavy atom. The minimum atomic E-state index is -3.96. The van der Waals surface area contributed by atoms with E-state index < -0.39 is 28.0 Å². The molecule has 7 nitrogen and oxygen atoms in total. The maximum absolute atomic E-state index is 12.1. The quantitative estimate of drug-likeness (QED) is 0.642. The van der Waals surface area contributed by atoms with Gasteiger partial charge >= 0.3 is 11.9 Å². The average molecular weight is 400 g/mol. The van der Waals surface area contributed by atoms with E-state index in [0.29, 0.717) is 4.47 Å². The molecule has 0 bridgehead atoms. The molecule has 118 valence electrons. The van der Waals surface area contributed by atoms with Gasteiger partial charge in [0.2, 0.25) is 0 Å². The van der Waals surface area contributed by atoms with Crippen molar-refractivity contribution >= 4 is 49.2 Å². The molecular weight excluding hydrogens is 386 g/mol. The van der Waals surface area contributed by atoms with Crippen molar-refractivity contribution in [3.05, 3.63) is 15.9 Å². The highest BCUT2D eigenvalue weighted by Crippen LogP contribution is 2.27. The number of thiophene rings is 1. The monoisotopic (exact) mass is 399 g/mol. The first-order valence-electron chi connectivity index (χ1n) is 5.91. The molecule has 0 saturated heterocycles. The lowest BCUT2D eigenvalue weighted by molar-refractivity contribution is -0.144. The van der Waals surface area contributed by atoms with Gasteiger partial charge < -0.3 is 9.84 Å². The van der Waals surface area contributed by atoms with E-state index >= 15 is 0 Å². The van der Waals surface area contributed by atoms with Crippen LogP contribution in [0.4, 0.5) is 0 Å². The minimum Gasteiger partial charge on any atom is -0.480 e. The number of hydrogen-bond acceptors (Lipinski definition) is 6. The molecule has 0 radical (unpaired) electrons. The van der Waals surface area contributed by atoms with E-state index in [1.165, 1.54) is 0 Å². The Kier molecular flexibility index (Phi) is 6.78. The second kappa shape index (κ2) is 7.87. The van der Waals surface area contributed by atoms with Gasteiger partial charge in [-0.3, -0.25) is 9.59 Å². The number of carbonyl (C=O) groups is 2. The third-order valence-electron chi connectivity index (χ3n) is 2.37. The molecule has 0 aromatic carbocycles. The molecule has 1 aromatic heterocycles. The van der Waals surface area contributed by atoms with Crippen molar-refractivity contribution in [3.63, 3.8) is 0 Å². The smallest absolute Gasteiger partial charge is 0.321 e. The number of rotatable bonds is 8. The van der Waals surface area contributed by atoms with E-state index in [1.807, 2.05) is 0 Å². The van der Waals surface area contributed by atoms with Crippen LogP contribution in [-0.2, 0) is 24.3 Å². The van der Waals surface area contributed by atoms with Gasteiger partial charge in [-0.2, -0.15) is 4.72 Å². The van der Waals surface area contributed by atoms with E-state index in [2.05, 4.69) is 25.4 Å². The number of hydrogen-bond donors (Lipinski definition) is 2. The molecule has 1 rings (SSSR count). The summed E-state index contributed by atoms with van der Waals surface area (Å²) < 4.78 is 31.3. The lowest BCUT2D eigenvalue weighted by Gasteiger charge is -2.13. The lowest BCUT2D eigenvalue weighted by atomic mass is 10.2. The fourth-order valence-electron chi connectivity index (χ4n) is 1.44. The molecule has 10 heteroatoms. The first kappa shape index (κ1) is 18.1. The summed E-state index contributed by atoms with van der Waals surface area (Å²) in [4.78, 5) is 22.3. The summed E-state index contributed by atoms with van der Waals surface area (Å²) in [5, 5.41) is 10.6. The van der Waals surface area contributed by atoms with Gasteiger partial charge in [0.1, 0.15) is 10.3 Å². The third-order valence-corrected chi connectivity index (χ3v) is 6.51. The Morgan fingerprint density at radius 2 is 2.19 bits per heavy atom. The highest BCUT2D eigenvalue weighted by atomic mass is 79.9. The van der Waals surface area contributed by atoms with Gasteiger partial charge in [0, 0.05) is 10.9 Å². The van der Waals surface area contributed by atoms with Crippen molar-refractivity contribution < 1.29 is 27.9 Å². The Morgan fingerprint density at radius 3 is 2.67 bits per heavy atom.